The van der Waals surface area contributed by atoms with E-state index in [0.717, 1.165) is 18.5 Å². The van der Waals surface area contributed by atoms with E-state index in [4.69, 9.17) is 0 Å². The summed E-state index contributed by atoms with van der Waals surface area (Å²) >= 11 is 0. The van der Waals surface area contributed by atoms with E-state index >= 15 is 0 Å². The topological polar surface area (TPSA) is 98.8 Å². The Bertz CT molecular complexity index is 947. The van der Waals surface area contributed by atoms with Gasteiger partial charge in [0.25, 0.3) is 5.91 Å². The minimum atomic E-state index is -0.218. The van der Waals surface area contributed by atoms with Crippen LogP contribution in [0.25, 0.3) is 5.69 Å². The number of imidazole rings is 1. The highest BCUT2D eigenvalue weighted by Gasteiger charge is 2.31. The molecule has 27 heavy (non-hydrogen) atoms. The molecule has 0 spiro atoms. The second kappa shape index (κ2) is 7.10. The molecule has 9 heteroatoms. The predicted molar refractivity (Wildman–Crippen MR) is 95.3 cm³/mol. The summed E-state index contributed by atoms with van der Waals surface area (Å²) in [6.07, 6.45) is 6.44. The van der Waals surface area contributed by atoms with Gasteiger partial charge in [-0.2, -0.15) is 0 Å². The van der Waals surface area contributed by atoms with Crippen LogP contribution in [-0.4, -0.2) is 59.4 Å². The van der Waals surface area contributed by atoms with Crippen molar-refractivity contribution >= 4 is 11.7 Å². The number of carbonyl (C=O) groups excluding carboxylic acids is 2. The Hall–Kier alpha value is -3.36. The Morgan fingerprint density at radius 2 is 2.00 bits per heavy atom. The van der Waals surface area contributed by atoms with Crippen molar-refractivity contribution in [2.24, 2.45) is 13.0 Å². The number of tetrazole rings is 1. The number of Topliss-reactive ketones (excluding diaryl/α,β-unsaturated/α-hetero) is 1. The van der Waals surface area contributed by atoms with Gasteiger partial charge in [0.15, 0.2) is 5.82 Å². The van der Waals surface area contributed by atoms with Gasteiger partial charge in [-0.05, 0) is 47.5 Å². The lowest BCUT2D eigenvalue weighted by molar-refractivity contribution is 0.0632. The summed E-state index contributed by atoms with van der Waals surface area (Å²) in [6.45, 7) is 1.07. The maximum absolute atomic E-state index is 12.9. The van der Waals surface area contributed by atoms with Crippen LogP contribution in [0.2, 0.25) is 0 Å². The number of likely N-dealkylation sites (tertiary alicyclic amines) is 1. The van der Waals surface area contributed by atoms with E-state index in [2.05, 4.69) is 20.5 Å². The number of hydrogen-bond donors (Lipinski definition) is 0. The van der Waals surface area contributed by atoms with Crippen molar-refractivity contribution in [2.45, 2.75) is 12.8 Å². The van der Waals surface area contributed by atoms with Gasteiger partial charge in [-0.1, -0.05) is 0 Å². The zero-order chi connectivity index (χ0) is 18.8. The number of benzene rings is 1. The van der Waals surface area contributed by atoms with Gasteiger partial charge in [0.05, 0.1) is 5.69 Å². The van der Waals surface area contributed by atoms with Crippen molar-refractivity contribution in [2.75, 3.05) is 13.1 Å². The number of nitrogens with zero attached hydrogens (tertiary/aromatic N) is 7. The molecule has 0 bridgehead atoms. The van der Waals surface area contributed by atoms with Crippen LogP contribution in [0.15, 0.2) is 43.0 Å². The van der Waals surface area contributed by atoms with Crippen LogP contribution in [0, 0.1) is 5.92 Å². The largest absolute Gasteiger partial charge is 0.338 e. The lowest BCUT2D eigenvalue weighted by Crippen LogP contribution is -2.42. The van der Waals surface area contributed by atoms with E-state index in [1.807, 2.05) is 0 Å². The molecule has 0 N–H and O–H groups in total. The molecule has 0 radical (unpaired) electrons. The van der Waals surface area contributed by atoms with E-state index in [1.54, 1.807) is 53.2 Å². The number of ketones is 1. The number of aromatic nitrogens is 6. The van der Waals surface area contributed by atoms with Crippen molar-refractivity contribution in [1.82, 2.24) is 34.7 Å². The summed E-state index contributed by atoms with van der Waals surface area (Å²) in [4.78, 5) is 31.5. The van der Waals surface area contributed by atoms with Crippen LogP contribution in [0.3, 0.4) is 0 Å². The second-order valence-electron chi connectivity index (χ2n) is 6.62. The summed E-state index contributed by atoms with van der Waals surface area (Å²) in [5.41, 5.74) is 1.36. The molecule has 3 heterocycles. The summed E-state index contributed by atoms with van der Waals surface area (Å²) in [6, 6.07) is 7.10. The molecule has 1 atom stereocenters. The first-order valence-electron chi connectivity index (χ1n) is 8.78. The SMILES string of the molecule is Cn1ccnc1C(=O)[C@@H]1CCCN(C(=O)c2ccc(-n3cnnn3)cc2)C1. The van der Waals surface area contributed by atoms with Gasteiger partial charge in [0, 0.05) is 44.0 Å². The van der Waals surface area contributed by atoms with Crippen molar-refractivity contribution in [3.63, 3.8) is 0 Å². The number of hydrogen-bond acceptors (Lipinski definition) is 6. The summed E-state index contributed by atoms with van der Waals surface area (Å²) in [5, 5.41) is 11.0. The molecular formula is C18H19N7O2. The summed E-state index contributed by atoms with van der Waals surface area (Å²) in [7, 11) is 1.80. The molecule has 1 fully saturated rings. The fraction of sp³-hybridized carbons (Fsp3) is 0.333. The van der Waals surface area contributed by atoms with E-state index in [-0.39, 0.29) is 17.6 Å². The second-order valence-corrected chi connectivity index (χ2v) is 6.62. The minimum absolute atomic E-state index is 0.00553. The Balaban J connectivity index is 1.47. The molecule has 0 unspecified atom stereocenters. The van der Waals surface area contributed by atoms with Gasteiger partial charge >= 0.3 is 0 Å². The van der Waals surface area contributed by atoms with Crippen LogP contribution >= 0.6 is 0 Å². The Kier molecular flexibility index (Phi) is 4.49. The molecule has 3 aromatic rings. The van der Waals surface area contributed by atoms with Gasteiger partial charge in [-0.25, -0.2) is 9.67 Å². The predicted octanol–water partition coefficient (Wildman–Crippen LogP) is 1.13. The monoisotopic (exact) mass is 365 g/mol. The quantitative estimate of drug-likeness (QED) is 0.643. The number of amides is 1. The van der Waals surface area contributed by atoms with Crippen LogP contribution in [0.5, 0.6) is 0 Å². The number of carbonyl (C=O) groups is 2. The fourth-order valence-electron chi connectivity index (χ4n) is 3.38. The zero-order valence-corrected chi connectivity index (χ0v) is 14.9. The van der Waals surface area contributed by atoms with Crippen molar-refractivity contribution in [3.8, 4) is 5.69 Å². The highest BCUT2D eigenvalue weighted by Crippen LogP contribution is 2.22. The Labute approximate surface area is 155 Å². The van der Waals surface area contributed by atoms with E-state index in [0.29, 0.717) is 24.5 Å². The maximum atomic E-state index is 12.9. The first kappa shape index (κ1) is 17.1. The van der Waals surface area contributed by atoms with Gasteiger partial charge in [0.1, 0.15) is 6.33 Å². The summed E-state index contributed by atoms with van der Waals surface area (Å²) < 4.78 is 3.25. The van der Waals surface area contributed by atoms with E-state index in [9.17, 15) is 9.59 Å². The number of piperidine rings is 1. The minimum Gasteiger partial charge on any atom is -0.338 e. The van der Waals surface area contributed by atoms with Crippen molar-refractivity contribution in [1.29, 1.82) is 0 Å². The average Bonchev–Trinajstić information content (AvgIpc) is 3.39. The van der Waals surface area contributed by atoms with Crippen LogP contribution in [0.4, 0.5) is 0 Å². The molecule has 0 saturated carbocycles. The standard InChI is InChI=1S/C18H19N7O2/c1-23-10-8-19-17(23)16(26)14-3-2-9-24(11-14)18(27)13-4-6-15(7-5-13)25-12-20-21-22-25/h4-8,10,12,14H,2-3,9,11H2,1H3/t14-/m1/s1. The maximum Gasteiger partial charge on any atom is 0.253 e. The molecule has 1 amide bonds. The molecular weight excluding hydrogens is 346 g/mol. The third kappa shape index (κ3) is 3.35. The van der Waals surface area contributed by atoms with Gasteiger partial charge in [-0.15, -0.1) is 5.10 Å². The molecule has 2 aromatic heterocycles. The normalized spacial score (nSPS) is 17.1. The van der Waals surface area contributed by atoms with Crippen molar-refractivity contribution < 1.29 is 9.59 Å². The third-order valence-corrected chi connectivity index (χ3v) is 4.85. The Morgan fingerprint density at radius 1 is 1.19 bits per heavy atom. The van der Waals surface area contributed by atoms with Gasteiger partial charge in [-0.3, -0.25) is 9.59 Å². The van der Waals surface area contributed by atoms with Crippen LogP contribution in [0.1, 0.15) is 33.8 Å². The van der Waals surface area contributed by atoms with Gasteiger partial charge in [0.2, 0.25) is 5.78 Å². The molecule has 1 saturated heterocycles. The molecule has 1 aliphatic rings. The Morgan fingerprint density at radius 3 is 2.67 bits per heavy atom. The molecule has 1 aliphatic heterocycles. The van der Waals surface area contributed by atoms with Crippen LogP contribution in [-0.2, 0) is 7.05 Å². The number of aryl methyl sites for hydroxylation is 1. The molecule has 138 valence electrons. The molecule has 0 aliphatic carbocycles. The van der Waals surface area contributed by atoms with Gasteiger partial charge < -0.3 is 9.47 Å². The van der Waals surface area contributed by atoms with E-state index < -0.39 is 0 Å². The highest BCUT2D eigenvalue weighted by molar-refractivity contribution is 5.97. The average molecular weight is 365 g/mol. The first-order valence-corrected chi connectivity index (χ1v) is 8.78. The van der Waals surface area contributed by atoms with Crippen molar-refractivity contribution in [3.05, 3.63) is 54.4 Å². The summed E-state index contributed by atoms with van der Waals surface area (Å²) in [5.74, 6) is 0.147. The molecule has 9 nitrogen and oxygen atoms in total. The molecule has 1 aromatic carbocycles. The van der Waals surface area contributed by atoms with Crippen LogP contribution < -0.4 is 0 Å². The lowest BCUT2D eigenvalue weighted by atomic mass is 9.93. The zero-order valence-electron chi connectivity index (χ0n) is 14.9. The molecule has 4 rings (SSSR count). The van der Waals surface area contributed by atoms with E-state index in [1.165, 1.54) is 11.0 Å². The lowest BCUT2D eigenvalue weighted by Gasteiger charge is -2.32. The fourth-order valence-corrected chi connectivity index (χ4v) is 3.38. The third-order valence-electron chi connectivity index (χ3n) is 4.85. The highest BCUT2D eigenvalue weighted by atomic mass is 16.2. The first-order chi connectivity index (χ1) is 13.1. The number of rotatable bonds is 4. The smallest absolute Gasteiger partial charge is 0.253 e.